The molecule has 0 aromatic heterocycles. The molecule has 1 unspecified atom stereocenters. The molecule has 1 heterocycles. The van der Waals surface area contributed by atoms with Crippen LogP contribution in [0.25, 0.3) is 0 Å². The summed E-state index contributed by atoms with van der Waals surface area (Å²) in [4.78, 5) is 2.59. The van der Waals surface area contributed by atoms with Gasteiger partial charge >= 0.3 is 0 Å². The van der Waals surface area contributed by atoms with Crippen LogP contribution in [0.5, 0.6) is 0 Å². The minimum absolute atomic E-state index is 1.01. The predicted octanol–water partition coefficient (Wildman–Crippen LogP) is 2.52. The first-order valence-corrected chi connectivity index (χ1v) is 5.09. The number of rotatable bonds is 3. The van der Waals surface area contributed by atoms with Gasteiger partial charge in [-0.15, -0.1) is 0 Å². The Balaban J connectivity index is 2.21. The molecule has 1 aliphatic heterocycles. The molecule has 0 aromatic carbocycles. The van der Waals surface area contributed by atoms with E-state index in [2.05, 4.69) is 18.7 Å². The van der Waals surface area contributed by atoms with Crippen molar-refractivity contribution < 1.29 is 0 Å². The van der Waals surface area contributed by atoms with E-state index in [-0.39, 0.29) is 0 Å². The number of hydrogen-bond donors (Lipinski definition) is 0. The molecular formula is C10H21N. The molecule has 0 N–H and O–H groups in total. The Morgan fingerprint density at radius 1 is 1.36 bits per heavy atom. The molecule has 0 saturated carbocycles. The van der Waals surface area contributed by atoms with E-state index in [1.54, 1.807) is 0 Å². The number of piperidine rings is 1. The maximum atomic E-state index is 2.59. The van der Waals surface area contributed by atoms with Crippen molar-refractivity contribution in [2.24, 2.45) is 5.92 Å². The fraction of sp³-hybridized carbons (Fsp3) is 1.00. The zero-order chi connectivity index (χ0) is 8.10. The first-order chi connectivity index (χ1) is 5.36. The second-order valence-electron chi connectivity index (χ2n) is 3.69. The molecule has 1 nitrogen and oxygen atoms in total. The molecule has 1 saturated heterocycles. The van der Waals surface area contributed by atoms with Gasteiger partial charge in [0, 0.05) is 6.54 Å². The monoisotopic (exact) mass is 155 g/mol. The Hall–Kier alpha value is -0.0400. The second kappa shape index (κ2) is 4.76. The lowest BCUT2D eigenvalue weighted by atomic mass is 9.94. The molecule has 1 fully saturated rings. The van der Waals surface area contributed by atoms with E-state index >= 15 is 0 Å². The average molecular weight is 155 g/mol. The van der Waals surface area contributed by atoms with Crippen LogP contribution >= 0.6 is 0 Å². The first-order valence-electron chi connectivity index (χ1n) is 5.09. The smallest absolute Gasteiger partial charge is 0.000955 e. The maximum absolute atomic E-state index is 2.59. The quantitative estimate of drug-likeness (QED) is 0.605. The van der Waals surface area contributed by atoms with E-state index in [1.165, 1.54) is 45.3 Å². The lowest BCUT2D eigenvalue weighted by Gasteiger charge is -2.31. The van der Waals surface area contributed by atoms with Crippen molar-refractivity contribution in [3.8, 4) is 0 Å². The van der Waals surface area contributed by atoms with Crippen LogP contribution < -0.4 is 0 Å². The zero-order valence-electron chi connectivity index (χ0n) is 7.97. The third kappa shape index (κ3) is 2.82. The van der Waals surface area contributed by atoms with E-state index in [1.807, 2.05) is 0 Å². The van der Waals surface area contributed by atoms with Crippen molar-refractivity contribution in [2.75, 3.05) is 19.6 Å². The molecule has 0 amide bonds. The maximum Gasteiger partial charge on any atom is 0.000955 e. The number of nitrogens with zero attached hydrogens (tertiary/aromatic N) is 1. The van der Waals surface area contributed by atoms with E-state index in [0.29, 0.717) is 0 Å². The highest BCUT2D eigenvalue weighted by atomic mass is 15.1. The van der Waals surface area contributed by atoms with Crippen LogP contribution in [-0.2, 0) is 0 Å². The van der Waals surface area contributed by atoms with Crippen LogP contribution in [0.15, 0.2) is 0 Å². The molecule has 0 radical (unpaired) electrons. The molecular weight excluding hydrogens is 134 g/mol. The summed E-state index contributed by atoms with van der Waals surface area (Å²) in [6, 6.07) is 0. The molecule has 0 aromatic rings. The Morgan fingerprint density at radius 3 is 2.82 bits per heavy atom. The summed E-state index contributed by atoms with van der Waals surface area (Å²) in [5.41, 5.74) is 0. The summed E-state index contributed by atoms with van der Waals surface area (Å²) < 4.78 is 0. The summed E-state index contributed by atoms with van der Waals surface area (Å²) in [6.45, 7) is 8.53. The Bertz CT molecular complexity index is 99.0. The second-order valence-corrected chi connectivity index (χ2v) is 3.69. The summed E-state index contributed by atoms with van der Waals surface area (Å²) in [5.74, 6) is 1.01. The van der Waals surface area contributed by atoms with Crippen molar-refractivity contribution in [2.45, 2.75) is 39.5 Å². The molecule has 1 heteroatoms. The number of hydrogen-bond acceptors (Lipinski definition) is 1. The Kier molecular flexibility index (Phi) is 3.92. The highest BCUT2D eigenvalue weighted by molar-refractivity contribution is 4.71. The molecule has 11 heavy (non-hydrogen) atoms. The molecule has 1 aliphatic rings. The van der Waals surface area contributed by atoms with E-state index in [4.69, 9.17) is 0 Å². The summed E-state index contributed by atoms with van der Waals surface area (Å²) in [6.07, 6.45) is 5.71. The van der Waals surface area contributed by atoms with Gasteiger partial charge in [0.2, 0.25) is 0 Å². The van der Waals surface area contributed by atoms with Crippen molar-refractivity contribution in [1.29, 1.82) is 0 Å². The van der Waals surface area contributed by atoms with Gasteiger partial charge in [0.25, 0.3) is 0 Å². The van der Waals surface area contributed by atoms with Crippen LogP contribution in [-0.4, -0.2) is 24.5 Å². The summed E-state index contributed by atoms with van der Waals surface area (Å²) in [5, 5.41) is 0. The fourth-order valence-electron chi connectivity index (χ4n) is 2.08. The van der Waals surface area contributed by atoms with Crippen molar-refractivity contribution in [3.05, 3.63) is 0 Å². The first kappa shape index (κ1) is 9.05. The Labute approximate surface area is 70.8 Å². The molecule has 66 valence electrons. The van der Waals surface area contributed by atoms with Crippen LogP contribution in [0.2, 0.25) is 0 Å². The van der Waals surface area contributed by atoms with Crippen LogP contribution in [0.3, 0.4) is 0 Å². The summed E-state index contributed by atoms with van der Waals surface area (Å²) >= 11 is 0. The van der Waals surface area contributed by atoms with Crippen molar-refractivity contribution in [1.82, 2.24) is 4.90 Å². The fourth-order valence-corrected chi connectivity index (χ4v) is 2.08. The predicted molar refractivity (Wildman–Crippen MR) is 49.7 cm³/mol. The Morgan fingerprint density at radius 2 is 2.18 bits per heavy atom. The van der Waals surface area contributed by atoms with E-state index in [0.717, 1.165) is 5.92 Å². The minimum Gasteiger partial charge on any atom is -0.303 e. The third-order valence-electron chi connectivity index (χ3n) is 2.75. The molecule has 1 rings (SSSR count). The average Bonchev–Trinajstić information content (AvgIpc) is 2.06. The number of likely N-dealkylation sites (tertiary alicyclic amines) is 1. The van der Waals surface area contributed by atoms with Crippen molar-refractivity contribution >= 4 is 0 Å². The van der Waals surface area contributed by atoms with Gasteiger partial charge in [-0.3, -0.25) is 0 Å². The molecule has 0 spiro atoms. The normalized spacial score (nSPS) is 27.3. The van der Waals surface area contributed by atoms with Crippen LogP contribution in [0.4, 0.5) is 0 Å². The highest BCUT2D eigenvalue weighted by Crippen LogP contribution is 2.20. The van der Waals surface area contributed by atoms with E-state index in [9.17, 15) is 0 Å². The lowest BCUT2D eigenvalue weighted by Crippen LogP contribution is -2.34. The van der Waals surface area contributed by atoms with Crippen molar-refractivity contribution in [3.63, 3.8) is 0 Å². The van der Waals surface area contributed by atoms with Gasteiger partial charge in [-0.25, -0.2) is 0 Å². The van der Waals surface area contributed by atoms with Gasteiger partial charge in [-0.05, 0) is 38.3 Å². The molecule has 0 aliphatic carbocycles. The van der Waals surface area contributed by atoms with Gasteiger partial charge in [-0.1, -0.05) is 20.3 Å². The molecule has 1 atom stereocenters. The van der Waals surface area contributed by atoms with E-state index < -0.39 is 0 Å². The zero-order valence-corrected chi connectivity index (χ0v) is 7.97. The van der Waals surface area contributed by atoms with Gasteiger partial charge < -0.3 is 4.90 Å². The largest absolute Gasteiger partial charge is 0.303 e. The van der Waals surface area contributed by atoms with Gasteiger partial charge in [0.05, 0.1) is 0 Å². The SMILES string of the molecule is CCCC1CCCN(CC)C1. The standard InChI is InChI=1S/C10H21N/c1-3-6-10-7-5-8-11(4-2)9-10/h10H,3-9H2,1-2H3. The van der Waals surface area contributed by atoms with Gasteiger partial charge in [0.15, 0.2) is 0 Å². The molecule has 0 bridgehead atoms. The van der Waals surface area contributed by atoms with Gasteiger partial charge in [0.1, 0.15) is 0 Å². The lowest BCUT2D eigenvalue weighted by molar-refractivity contribution is 0.175. The summed E-state index contributed by atoms with van der Waals surface area (Å²) in [7, 11) is 0. The highest BCUT2D eigenvalue weighted by Gasteiger charge is 2.16. The third-order valence-corrected chi connectivity index (χ3v) is 2.75. The van der Waals surface area contributed by atoms with Gasteiger partial charge in [-0.2, -0.15) is 0 Å². The minimum atomic E-state index is 1.01. The van der Waals surface area contributed by atoms with Crippen LogP contribution in [0.1, 0.15) is 39.5 Å². The topological polar surface area (TPSA) is 3.24 Å². The van der Waals surface area contributed by atoms with Crippen LogP contribution in [0, 0.1) is 5.92 Å².